The van der Waals surface area contributed by atoms with E-state index < -0.39 is 56.9 Å². The third-order valence-electron chi connectivity index (χ3n) is 8.13. The van der Waals surface area contributed by atoms with Gasteiger partial charge in [-0.3, -0.25) is 13.9 Å². The van der Waals surface area contributed by atoms with Gasteiger partial charge in [0.25, 0.3) is 10.0 Å². The molecule has 2 amide bonds. The van der Waals surface area contributed by atoms with Gasteiger partial charge in [0.05, 0.1) is 21.2 Å². The van der Waals surface area contributed by atoms with E-state index in [1.54, 1.807) is 31.2 Å². The molecule has 7 nitrogen and oxygen atoms in total. The SMILES string of the molecule is CCCCNC(=O)[C@@H](Cc1ccccc1)N(Cc1ccccc1C)C(=O)CN(c1ccc(Cl)c(C(F)(F)F)c1)S(=O)(=O)c1ccc(C)cc1. The number of alkyl halides is 3. The molecule has 0 aliphatic heterocycles. The van der Waals surface area contributed by atoms with Crippen LogP contribution in [0.25, 0.3) is 0 Å². The predicted molar refractivity (Wildman–Crippen MR) is 186 cm³/mol. The summed E-state index contributed by atoms with van der Waals surface area (Å²) in [6.45, 7) is 5.00. The van der Waals surface area contributed by atoms with Gasteiger partial charge in [-0.05, 0) is 67.3 Å². The lowest BCUT2D eigenvalue weighted by atomic mass is 10.0. The van der Waals surface area contributed by atoms with Crippen LogP contribution in [0.1, 0.15) is 47.6 Å². The molecule has 12 heteroatoms. The van der Waals surface area contributed by atoms with E-state index in [1.807, 2.05) is 56.3 Å². The van der Waals surface area contributed by atoms with Crippen LogP contribution in [0, 0.1) is 13.8 Å². The molecule has 0 unspecified atom stereocenters. The first-order valence-electron chi connectivity index (χ1n) is 15.8. The molecule has 260 valence electrons. The van der Waals surface area contributed by atoms with Gasteiger partial charge in [-0.25, -0.2) is 8.42 Å². The van der Waals surface area contributed by atoms with Crippen molar-refractivity contribution in [3.8, 4) is 0 Å². The van der Waals surface area contributed by atoms with Crippen LogP contribution in [0.15, 0.2) is 102 Å². The summed E-state index contributed by atoms with van der Waals surface area (Å²) in [7, 11) is -4.60. The lowest BCUT2D eigenvalue weighted by molar-refractivity contribution is -0.140. The third kappa shape index (κ3) is 9.64. The first-order valence-corrected chi connectivity index (χ1v) is 17.7. The third-order valence-corrected chi connectivity index (χ3v) is 10.3. The summed E-state index contributed by atoms with van der Waals surface area (Å²) in [6, 6.07) is 23.7. The van der Waals surface area contributed by atoms with Gasteiger partial charge in [0, 0.05) is 19.5 Å². The van der Waals surface area contributed by atoms with E-state index in [-0.39, 0.29) is 17.9 Å². The molecule has 49 heavy (non-hydrogen) atoms. The van der Waals surface area contributed by atoms with Crippen LogP contribution >= 0.6 is 11.6 Å². The molecule has 0 fully saturated rings. The highest BCUT2D eigenvalue weighted by Gasteiger charge is 2.37. The Morgan fingerprint density at radius 1 is 0.898 bits per heavy atom. The Kier molecular flexibility index (Phi) is 12.5. The lowest BCUT2D eigenvalue weighted by Crippen LogP contribution is -2.53. The molecule has 0 aliphatic rings. The molecule has 1 atom stereocenters. The Labute approximate surface area is 290 Å². The van der Waals surface area contributed by atoms with Crippen molar-refractivity contribution < 1.29 is 31.2 Å². The minimum Gasteiger partial charge on any atom is -0.354 e. The van der Waals surface area contributed by atoms with Gasteiger partial charge in [-0.2, -0.15) is 13.2 Å². The highest BCUT2D eigenvalue weighted by atomic mass is 35.5. The summed E-state index contributed by atoms with van der Waals surface area (Å²) < 4.78 is 71.0. The second-order valence-electron chi connectivity index (χ2n) is 11.8. The summed E-state index contributed by atoms with van der Waals surface area (Å²) in [4.78, 5) is 29.5. The van der Waals surface area contributed by atoms with Crippen molar-refractivity contribution in [1.82, 2.24) is 10.2 Å². The fraction of sp³-hybridized carbons (Fsp3) is 0.297. The summed E-state index contributed by atoms with van der Waals surface area (Å²) in [5.74, 6) is -1.22. The number of halogens is 4. The number of nitrogens with zero attached hydrogens (tertiary/aromatic N) is 2. The molecule has 0 radical (unpaired) electrons. The Morgan fingerprint density at radius 3 is 2.18 bits per heavy atom. The minimum absolute atomic E-state index is 0.0585. The topological polar surface area (TPSA) is 86.8 Å². The van der Waals surface area contributed by atoms with E-state index >= 15 is 0 Å². The van der Waals surface area contributed by atoms with Crippen LogP contribution < -0.4 is 9.62 Å². The van der Waals surface area contributed by atoms with Gasteiger partial charge in [0.1, 0.15) is 12.6 Å². The second-order valence-corrected chi connectivity index (χ2v) is 14.1. The maximum atomic E-state index is 14.6. The zero-order valence-corrected chi connectivity index (χ0v) is 29.1. The van der Waals surface area contributed by atoms with Crippen molar-refractivity contribution in [2.45, 2.75) is 63.7 Å². The average molecular weight is 714 g/mol. The number of sulfonamides is 1. The molecule has 4 aromatic rings. The van der Waals surface area contributed by atoms with E-state index in [2.05, 4.69) is 5.32 Å². The Bertz CT molecular complexity index is 1850. The molecular formula is C37H39ClF3N3O4S. The smallest absolute Gasteiger partial charge is 0.354 e. The molecule has 4 rings (SSSR count). The fourth-order valence-corrected chi connectivity index (χ4v) is 6.91. The van der Waals surface area contributed by atoms with Gasteiger partial charge in [0.15, 0.2) is 0 Å². The molecule has 1 N–H and O–H groups in total. The summed E-state index contributed by atoms with van der Waals surface area (Å²) in [5.41, 5.74) is 1.41. The van der Waals surface area contributed by atoms with Gasteiger partial charge >= 0.3 is 6.18 Å². The Hall–Kier alpha value is -4.35. The molecule has 0 heterocycles. The second kappa shape index (κ2) is 16.4. The van der Waals surface area contributed by atoms with Crippen molar-refractivity contribution in [3.63, 3.8) is 0 Å². The number of hydrogen-bond acceptors (Lipinski definition) is 4. The number of aryl methyl sites for hydroxylation is 2. The minimum atomic E-state index is -4.90. The van der Waals surface area contributed by atoms with E-state index in [0.717, 1.165) is 35.2 Å². The normalized spacial score (nSPS) is 12.3. The number of hydrogen-bond donors (Lipinski definition) is 1. The monoisotopic (exact) mass is 713 g/mol. The number of rotatable bonds is 14. The molecule has 0 saturated carbocycles. The Morgan fingerprint density at radius 2 is 1.55 bits per heavy atom. The number of nitrogens with one attached hydrogen (secondary N) is 1. The van der Waals surface area contributed by atoms with Crippen LogP contribution in [-0.2, 0) is 38.8 Å². The summed E-state index contributed by atoms with van der Waals surface area (Å²) in [6.07, 6.45) is -3.26. The molecule has 0 spiro atoms. The zero-order chi connectivity index (χ0) is 35.8. The summed E-state index contributed by atoms with van der Waals surface area (Å²) >= 11 is 5.89. The van der Waals surface area contributed by atoms with Crippen molar-refractivity contribution >= 4 is 39.1 Å². The molecule has 0 aliphatic carbocycles. The molecule has 4 aromatic carbocycles. The standard InChI is InChI=1S/C37H39ClF3N3O4S/c1-4-5-21-42-36(46)34(22-28-12-7-6-8-13-28)43(24-29-14-10-9-11-27(29)3)35(45)25-44(49(47,48)31-18-15-26(2)16-19-31)30-17-20-33(38)32(23-30)37(39,40)41/h6-20,23,34H,4-5,21-22,24-25H2,1-3H3,(H,42,46)/t34-/m1/s1. The van der Waals surface area contributed by atoms with Gasteiger partial charge < -0.3 is 10.2 Å². The van der Waals surface area contributed by atoms with Crippen molar-refractivity contribution in [3.05, 3.63) is 130 Å². The van der Waals surface area contributed by atoms with E-state index in [9.17, 15) is 31.2 Å². The largest absolute Gasteiger partial charge is 0.417 e. The first-order chi connectivity index (χ1) is 23.2. The van der Waals surface area contributed by atoms with Gasteiger partial charge in [0.2, 0.25) is 11.8 Å². The maximum absolute atomic E-state index is 14.6. The molecule has 0 saturated heterocycles. The van der Waals surface area contributed by atoms with E-state index in [0.29, 0.717) is 28.9 Å². The Balaban J connectivity index is 1.86. The highest BCUT2D eigenvalue weighted by molar-refractivity contribution is 7.92. The highest BCUT2D eigenvalue weighted by Crippen LogP contribution is 2.38. The zero-order valence-electron chi connectivity index (χ0n) is 27.5. The summed E-state index contributed by atoms with van der Waals surface area (Å²) in [5, 5.41) is 2.29. The van der Waals surface area contributed by atoms with Crippen molar-refractivity contribution in [2.75, 3.05) is 17.4 Å². The molecule has 0 bridgehead atoms. The molecular weight excluding hydrogens is 675 g/mol. The van der Waals surface area contributed by atoms with Crippen molar-refractivity contribution in [2.24, 2.45) is 0 Å². The van der Waals surface area contributed by atoms with Crippen LogP contribution in [-0.4, -0.2) is 44.3 Å². The number of carbonyl (C=O) groups excluding carboxylic acids is 2. The number of amides is 2. The van der Waals surface area contributed by atoms with Gasteiger partial charge in [-0.1, -0.05) is 97.2 Å². The van der Waals surface area contributed by atoms with Crippen molar-refractivity contribution in [1.29, 1.82) is 0 Å². The van der Waals surface area contributed by atoms with Crippen LogP contribution in [0.5, 0.6) is 0 Å². The number of unbranched alkanes of at least 4 members (excludes halogenated alkanes) is 1. The quantitative estimate of drug-likeness (QED) is 0.136. The number of benzene rings is 4. The van der Waals surface area contributed by atoms with Crippen LogP contribution in [0.4, 0.5) is 18.9 Å². The first kappa shape index (κ1) is 37.5. The number of anilines is 1. The van der Waals surface area contributed by atoms with Crippen LogP contribution in [0.3, 0.4) is 0 Å². The molecule has 0 aromatic heterocycles. The van der Waals surface area contributed by atoms with Crippen LogP contribution in [0.2, 0.25) is 5.02 Å². The number of carbonyl (C=O) groups is 2. The lowest BCUT2D eigenvalue weighted by Gasteiger charge is -2.34. The maximum Gasteiger partial charge on any atom is 0.417 e. The van der Waals surface area contributed by atoms with E-state index in [4.69, 9.17) is 11.6 Å². The van der Waals surface area contributed by atoms with E-state index in [1.165, 1.54) is 17.0 Å². The predicted octanol–water partition coefficient (Wildman–Crippen LogP) is 7.73. The average Bonchev–Trinajstić information content (AvgIpc) is 3.06. The fourth-order valence-electron chi connectivity index (χ4n) is 5.28. The van der Waals surface area contributed by atoms with Gasteiger partial charge in [-0.15, -0.1) is 0 Å².